The van der Waals surface area contributed by atoms with Gasteiger partial charge in [-0.3, -0.25) is 9.88 Å². The number of aryl methyl sites for hydroxylation is 2. The molecule has 0 N–H and O–H groups in total. The van der Waals surface area contributed by atoms with Crippen LogP contribution in [0.25, 0.3) is 0 Å². The number of aromatic nitrogens is 1. The molecule has 28 heavy (non-hydrogen) atoms. The fourth-order valence-electron chi connectivity index (χ4n) is 4.09. The van der Waals surface area contributed by atoms with Gasteiger partial charge >= 0.3 is 0 Å². The molecular formula is C22H30F2N2OS. The van der Waals surface area contributed by atoms with Crippen molar-refractivity contribution in [2.24, 2.45) is 5.41 Å². The standard InChI is InChI=1S/C22H30F2N2OS/c1-5-27-15-22(11-10-18-8-9-20(24)28-18)12-19(23)26(14-22)21(3,4)17-7-6-16(2)25-13-17/h6-9,13,19H,5,10-12,14-15H2,1-4H3. The Hall–Kier alpha value is -1.37. The van der Waals surface area contributed by atoms with Crippen molar-refractivity contribution in [2.75, 3.05) is 19.8 Å². The second kappa shape index (κ2) is 8.56. The van der Waals surface area contributed by atoms with E-state index in [1.165, 1.54) is 17.4 Å². The molecule has 2 unspecified atom stereocenters. The lowest BCUT2D eigenvalue weighted by atomic mass is 9.82. The molecule has 1 saturated heterocycles. The average molecular weight is 409 g/mol. The maximum atomic E-state index is 15.3. The van der Waals surface area contributed by atoms with E-state index in [0.29, 0.717) is 26.2 Å². The summed E-state index contributed by atoms with van der Waals surface area (Å²) in [5.41, 5.74) is 1.22. The van der Waals surface area contributed by atoms with Crippen molar-refractivity contribution in [3.8, 4) is 0 Å². The number of pyridine rings is 1. The first-order valence-electron chi connectivity index (χ1n) is 9.92. The molecule has 0 spiro atoms. The van der Waals surface area contributed by atoms with Crippen LogP contribution in [0, 0.1) is 17.5 Å². The molecule has 1 aliphatic rings. The predicted molar refractivity (Wildman–Crippen MR) is 110 cm³/mol. The van der Waals surface area contributed by atoms with Crippen LogP contribution in [0.4, 0.5) is 8.78 Å². The number of halogens is 2. The Balaban J connectivity index is 1.79. The number of hydrogen-bond acceptors (Lipinski definition) is 4. The lowest BCUT2D eigenvalue weighted by Gasteiger charge is -2.38. The highest BCUT2D eigenvalue weighted by Gasteiger charge is 2.49. The molecule has 1 aliphatic heterocycles. The first-order chi connectivity index (χ1) is 13.3. The maximum Gasteiger partial charge on any atom is 0.176 e. The van der Waals surface area contributed by atoms with Gasteiger partial charge in [-0.05, 0) is 64.3 Å². The highest BCUT2D eigenvalue weighted by atomic mass is 32.1. The van der Waals surface area contributed by atoms with Crippen LogP contribution < -0.4 is 0 Å². The Kier molecular flexibility index (Phi) is 6.52. The van der Waals surface area contributed by atoms with Crippen molar-refractivity contribution in [3.63, 3.8) is 0 Å². The molecule has 6 heteroatoms. The van der Waals surface area contributed by atoms with E-state index in [4.69, 9.17) is 4.74 Å². The number of hydrogen-bond donors (Lipinski definition) is 0. The highest BCUT2D eigenvalue weighted by Crippen LogP contribution is 2.45. The van der Waals surface area contributed by atoms with Crippen molar-refractivity contribution in [1.82, 2.24) is 9.88 Å². The average Bonchev–Trinajstić information content (AvgIpc) is 3.22. The SMILES string of the molecule is CCOCC1(CCc2ccc(F)s2)CC(F)N(C(C)(C)c2ccc(C)nc2)C1. The van der Waals surface area contributed by atoms with Crippen molar-refractivity contribution in [2.45, 2.75) is 58.8 Å². The number of ether oxygens (including phenoxy) is 1. The van der Waals surface area contributed by atoms with Gasteiger partial charge in [-0.15, -0.1) is 11.3 Å². The third-order valence-electron chi connectivity index (χ3n) is 5.92. The zero-order valence-electron chi connectivity index (χ0n) is 17.2. The summed E-state index contributed by atoms with van der Waals surface area (Å²) in [5, 5.41) is -0.168. The molecule has 0 aliphatic carbocycles. The molecule has 2 aromatic rings. The fourth-order valence-corrected chi connectivity index (χ4v) is 4.81. The van der Waals surface area contributed by atoms with Crippen LogP contribution in [0.5, 0.6) is 0 Å². The van der Waals surface area contributed by atoms with Gasteiger partial charge in [0.1, 0.15) is 0 Å². The lowest BCUT2D eigenvalue weighted by molar-refractivity contribution is 0.0203. The summed E-state index contributed by atoms with van der Waals surface area (Å²) in [6.07, 6.45) is 2.76. The molecule has 3 rings (SSSR count). The highest BCUT2D eigenvalue weighted by molar-refractivity contribution is 7.10. The van der Waals surface area contributed by atoms with Crippen LogP contribution in [0.2, 0.25) is 0 Å². The van der Waals surface area contributed by atoms with E-state index in [2.05, 4.69) is 18.8 Å². The summed E-state index contributed by atoms with van der Waals surface area (Å²) >= 11 is 1.18. The van der Waals surface area contributed by atoms with Gasteiger partial charge in [0.05, 0.1) is 6.61 Å². The van der Waals surface area contributed by atoms with Crippen LogP contribution in [-0.4, -0.2) is 35.9 Å². The third-order valence-corrected chi connectivity index (χ3v) is 6.86. The second-order valence-electron chi connectivity index (χ2n) is 8.36. The van der Waals surface area contributed by atoms with Crippen LogP contribution in [-0.2, 0) is 16.7 Å². The summed E-state index contributed by atoms with van der Waals surface area (Å²) in [4.78, 5) is 7.34. The third kappa shape index (κ3) is 4.61. The second-order valence-corrected chi connectivity index (χ2v) is 9.48. The molecule has 2 atom stereocenters. The van der Waals surface area contributed by atoms with Crippen molar-refractivity contribution >= 4 is 11.3 Å². The number of thiophene rings is 1. The van der Waals surface area contributed by atoms with Gasteiger partial charge in [0, 0.05) is 47.3 Å². The largest absolute Gasteiger partial charge is 0.381 e. The van der Waals surface area contributed by atoms with Crippen LogP contribution >= 0.6 is 11.3 Å². The number of likely N-dealkylation sites (tertiary alicyclic amines) is 1. The zero-order chi connectivity index (χ0) is 20.4. The van der Waals surface area contributed by atoms with Crippen molar-refractivity contribution < 1.29 is 13.5 Å². The minimum Gasteiger partial charge on any atom is -0.381 e. The molecule has 0 bridgehead atoms. The summed E-state index contributed by atoms with van der Waals surface area (Å²) in [5.74, 6) is 0. The van der Waals surface area contributed by atoms with Crippen LogP contribution in [0.15, 0.2) is 30.5 Å². The molecule has 1 fully saturated rings. The van der Waals surface area contributed by atoms with Gasteiger partial charge < -0.3 is 4.74 Å². The number of rotatable bonds is 8. The first kappa shape index (κ1) is 21.3. The summed E-state index contributed by atoms with van der Waals surface area (Å²) < 4.78 is 34.4. The van der Waals surface area contributed by atoms with Gasteiger partial charge in [0.25, 0.3) is 0 Å². The lowest BCUT2D eigenvalue weighted by Crippen LogP contribution is -2.44. The zero-order valence-corrected chi connectivity index (χ0v) is 18.0. The van der Waals surface area contributed by atoms with Gasteiger partial charge in [0.15, 0.2) is 11.4 Å². The Morgan fingerprint density at radius 2 is 2.11 bits per heavy atom. The van der Waals surface area contributed by atoms with E-state index >= 15 is 4.39 Å². The first-order valence-corrected chi connectivity index (χ1v) is 10.7. The molecular weight excluding hydrogens is 378 g/mol. The monoisotopic (exact) mass is 408 g/mol. The van der Waals surface area contributed by atoms with Crippen LogP contribution in [0.3, 0.4) is 0 Å². The summed E-state index contributed by atoms with van der Waals surface area (Å²) in [6.45, 7) is 9.76. The summed E-state index contributed by atoms with van der Waals surface area (Å²) in [6, 6.07) is 7.34. The molecule has 0 radical (unpaired) electrons. The van der Waals surface area contributed by atoms with E-state index in [1.807, 2.05) is 43.1 Å². The normalized spacial score (nSPS) is 23.4. The van der Waals surface area contributed by atoms with Crippen molar-refractivity contribution in [3.05, 3.63) is 51.7 Å². The van der Waals surface area contributed by atoms with Gasteiger partial charge in [-0.25, -0.2) is 4.39 Å². The van der Waals surface area contributed by atoms with Gasteiger partial charge in [-0.1, -0.05) is 6.07 Å². The number of nitrogens with zero attached hydrogens (tertiary/aromatic N) is 2. The molecule has 0 amide bonds. The van der Waals surface area contributed by atoms with E-state index in [9.17, 15) is 4.39 Å². The minimum atomic E-state index is -1.04. The smallest absolute Gasteiger partial charge is 0.176 e. The molecule has 2 aromatic heterocycles. The van der Waals surface area contributed by atoms with E-state index in [0.717, 1.165) is 29.0 Å². The maximum absolute atomic E-state index is 15.3. The Morgan fingerprint density at radius 3 is 2.71 bits per heavy atom. The number of alkyl halides is 1. The quantitative estimate of drug-likeness (QED) is 0.541. The minimum absolute atomic E-state index is 0.168. The topological polar surface area (TPSA) is 25.4 Å². The fraction of sp³-hybridized carbons (Fsp3) is 0.591. The van der Waals surface area contributed by atoms with Gasteiger partial charge in [0.2, 0.25) is 0 Å². The molecule has 0 saturated carbocycles. The van der Waals surface area contributed by atoms with Crippen LogP contribution in [0.1, 0.15) is 49.7 Å². The molecule has 154 valence electrons. The van der Waals surface area contributed by atoms with E-state index in [1.54, 1.807) is 0 Å². The Labute approximate surface area is 170 Å². The van der Waals surface area contributed by atoms with Gasteiger partial charge in [-0.2, -0.15) is 4.39 Å². The predicted octanol–water partition coefficient (Wildman–Crippen LogP) is 5.48. The van der Waals surface area contributed by atoms with Crippen molar-refractivity contribution in [1.29, 1.82) is 0 Å². The Morgan fingerprint density at radius 1 is 1.32 bits per heavy atom. The Bertz CT molecular complexity index is 777. The van der Waals surface area contributed by atoms with E-state index < -0.39 is 11.8 Å². The molecule has 3 heterocycles. The van der Waals surface area contributed by atoms with E-state index in [-0.39, 0.29) is 10.5 Å². The molecule has 3 nitrogen and oxygen atoms in total. The summed E-state index contributed by atoms with van der Waals surface area (Å²) in [7, 11) is 0. The molecule has 0 aromatic carbocycles.